The van der Waals surface area contributed by atoms with Gasteiger partial charge in [0.2, 0.25) is 10.0 Å². The van der Waals surface area contributed by atoms with Crippen LogP contribution < -0.4 is 10.5 Å². The minimum atomic E-state index is -3.59. The summed E-state index contributed by atoms with van der Waals surface area (Å²) in [5.74, 6) is 0. The Balaban J connectivity index is 1.80. The van der Waals surface area contributed by atoms with Crippen molar-refractivity contribution in [2.24, 2.45) is 5.14 Å². The van der Waals surface area contributed by atoms with Crippen LogP contribution in [0.25, 0.3) is 0 Å². The molecule has 19 heavy (non-hydrogen) atoms. The molecule has 0 saturated carbocycles. The molecule has 6 heteroatoms. The van der Waals surface area contributed by atoms with E-state index in [1.807, 2.05) is 18.5 Å². The molecule has 0 spiro atoms. The van der Waals surface area contributed by atoms with Crippen LogP contribution in [0.4, 0.5) is 0 Å². The van der Waals surface area contributed by atoms with E-state index in [2.05, 4.69) is 10.3 Å². The van der Waals surface area contributed by atoms with Gasteiger partial charge in [0.1, 0.15) is 0 Å². The van der Waals surface area contributed by atoms with Crippen LogP contribution in [0.15, 0.2) is 47.6 Å². The monoisotopic (exact) mass is 279 g/mol. The van der Waals surface area contributed by atoms with Crippen LogP contribution in [-0.2, 0) is 23.0 Å². The number of hydrogen-bond acceptors (Lipinski definition) is 3. The van der Waals surface area contributed by atoms with Crippen LogP contribution in [-0.4, -0.2) is 19.9 Å². The molecule has 2 rings (SSSR count). The van der Waals surface area contributed by atoms with E-state index in [0.717, 1.165) is 25.1 Å². The summed E-state index contributed by atoms with van der Waals surface area (Å²) in [6, 6.07) is 8.68. The van der Waals surface area contributed by atoms with Crippen LogP contribution in [0, 0.1) is 0 Å². The Labute approximate surface area is 112 Å². The maximum Gasteiger partial charge on any atom is 0.238 e. The summed E-state index contributed by atoms with van der Waals surface area (Å²) in [6.07, 6.45) is 4.69. The molecule has 0 radical (unpaired) electrons. The summed E-state index contributed by atoms with van der Waals surface area (Å²) in [4.78, 5) is 3.15. The molecule has 0 atom stereocenters. The molecule has 0 saturated heterocycles. The molecular formula is C13H17N3O2S. The van der Waals surface area contributed by atoms with Crippen molar-refractivity contribution in [2.45, 2.75) is 17.9 Å². The highest BCUT2D eigenvalue weighted by atomic mass is 32.2. The first-order valence-corrected chi connectivity index (χ1v) is 7.54. The highest BCUT2D eigenvalue weighted by Crippen LogP contribution is 2.09. The zero-order chi connectivity index (χ0) is 13.7. The Morgan fingerprint density at radius 1 is 1.11 bits per heavy atom. The SMILES string of the molecule is NS(=O)(=O)c1ccc(CCNCc2cc[nH]c2)cc1. The van der Waals surface area contributed by atoms with Crippen molar-refractivity contribution in [3.8, 4) is 0 Å². The number of aromatic nitrogens is 1. The fourth-order valence-corrected chi connectivity index (χ4v) is 2.30. The maximum absolute atomic E-state index is 11.1. The van der Waals surface area contributed by atoms with Gasteiger partial charge in [0.25, 0.3) is 0 Å². The fourth-order valence-electron chi connectivity index (χ4n) is 1.78. The van der Waals surface area contributed by atoms with Gasteiger partial charge in [-0.05, 0) is 42.3 Å². The van der Waals surface area contributed by atoms with Gasteiger partial charge in [0.05, 0.1) is 4.90 Å². The summed E-state index contributed by atoms with van der Waals surface area (Å²) >= 11 is 0. The summed E-state index contributed by atoms with van der Waals surface area (Å²) < 4.78 is 22.2. The van der Waals surface area contributed by atoms with E-state index in [9.17, 15) is 8.42 Å². The van der Waals surface area contributed by atoms with Crippen molar-refractivity contribution in [3.63, 3.8) is 0 Å². The molecule has 0 bridgehead atoms. The Morgan fingerprint density at radius 2 is 1.84 bits per heavy atom. The third-order valence-corrected chi connectivity index (χ3v) is 3.76. The summed E-state index contributed by atoms with van der Waals surface area (Å²) in [5, 5.41) is 8.36. The first kappa shape index (κ1) is 13.8. The Kier molecular flexibility index (Phi) is 4.36. The third-order valence-electron chi connectivity index (χ3n) is 2.83. The normalized spacial score (nSPS) is 11.6. The van der Waals surface area contributed by atoms with Gasteiger partial charge in [0.15, 0.2) is 0 Å². The second-order valence-electron chi connectivity index (χ2n) is 4.33. The van der Waals surface area contributed by atoms with E-state index in [-0.39, 0.29) is 4.90 Å². The van der Waals surface area contributed by atoms with Crippen LogP contribution in [0.1, 0.15) is 11.1 Å². The van der Waals surface area contributed by atoms with Gasteiger partial charge in [-0.2, -0.15) is 0 Å². The van der Waals surface area contributed by atoms with Gasteiger partial charge in [-0.3, -0.25) is 0 Å². The largest absolute Gasteiger partial charge is 0.367 e. The van der Waals surface area contributed by atoms with Gasteiger partial charge in [-0.25, -0.2) is 13.6 Å². The van der Waals surface area contributed by atoms with Crippen LogP contribution in [0.2, 0.25) is 0 Å². The maximum atomic E-state index is 11.1. The summed E-state index contributed by atoms with van der Waals surface area (Å²) in [5.41, 5.74) is 2.29. The van der Waals surface area contributed by atoms with Gasteiger partial charge in [-0.1, -0.05) is 12.1 Å². The lowest BCUT2D eigenvalue weighted by Gasteiger charge is -2.04. The number of rotatable bonds is 6. The van der Waals surface area contributed by atoms with Crippen molar-refractivity contribution in [1.82, 2.24) is 10.3 Å². The number of primary sulfonamides is 1. The second-order valence-corrected chi connectivity index (χ2v) is 5.90. The average molecular weight is 279 g/mol. The van der Waals surface area contributed by atoms with E-state index in [1.165, 1.54) is 17.7 Å². The molecule has 0 unspecified atom stereocenters. The molecule has 0 fully saturated rings. The number of H-pyrrole nitrogens is 1. The third kappa shape index (κ3) is 4.20. The first-order chi connectivity index (χ1) is 9.05. The number of benzene rings is 1. The Hall–Kier alpha value is -1.63. The van der Waals surface area contributed by atoms with Gasteiger partial charge >= 0.3 is 0 Å². The number of aromatic amines is 1. The minimum absolute atomic E-state index is 0.150. The molecule has 5 nitrogen and oxygen atoms in total. The van der Waals surface area contributed by atoms with E-state index >= 15 is 0 Å². The van der Waals surface area contributed by atoms with E-state index in [4.69, 9.17) is 5.14 Å². The van der Waals surface area contributed by atoms with Crippen molar-refractivity contribution < 1.29 is 8.42 Å². The number of nitrogens with one attached hydrogen (secondary N) is 2. The second kappa shape index (κ2) is 6.01. The van der Waals surface area contributed by atoms with Gasteiger partial charge < -0.3 is 10.3 Å². The quantitative estimate of drug-likeness (QED) is 0.689. The highest BCUT2D eigenvalue weighted by Gasteiger charge is 2.06. The molecule has 1 aromatic heterocycles. The molecule has 4 N–H and O–H groups in total. The molecular weight excluding hydrogens is 262 g/mol. The predicted octanol–water partition coefficient (Wildman–Crippen LogP) is 0.994. The van der Waals surface area contributed by atoms with Crippen LogP contribution in [0.3, 0.4) is 0 Å². The highest BCUT2D eigenvalue weighted by molar-refractivity contribution is 7.89. The molecule has 1 aromatic carbocycles. The molecule has 0 aliphatic rings. The molecule has 0 amide bonds. The molecule has 102 valence electrons. The topological polar surface area (TPSA) is 88.0 Å². The van der Waals surface area contributed by atoms with Crippen LogP contribution in [0.5, 0.6) is 0 Å². The Morgan fingerprint density at radius 3 is 2.42 bits per heavy atom. The van der Waals surface area contributed by atoms with Gasteiger partial charge in [-0.15, -0.1) is 0 Å². The Bertz CT molecular complexity index is 604. The van der Waals surface area contributed by atoms with Crippen molar-refractivity contribution in [3.05, 3.63) is 53.9 Å². The molecule has 0 aliphatic carbocycles. The number of sulfonamides is 1. The van der Waals surface area contributed by atoms with Crippen molar-refractivity contribution in [1.29, 1.82) is 0 Å². The zero-order valence-corrected chi connectivity index (χ0v) is 11.3. The lowest BCUT2D eigenvalue weighted by Crippen LogP contribution is -2.16. The first-order valence-electron chi connectivity index (χ1n) is 6.00. The lowest BCUT2D eigenvalue weighted by atomic mass is 10.1. The number of hydrogen-bond donors (Lipinski definition) is 3. The molecule has 0 aliphatic heterocycles. The fraction of sp³-hybridized carbons (Fsp3) is 0.231. The van der Waals surface area contributed by atoms with E-state index < -0.39 is 10.0 Å². The average Bonchev–Trinajstić information content (AvgIpc) is 2.87. The molecule has 2 aromatic rings. The van der Waals surface area contributed by atoms with E-state index in [0.29, 0.717) is 0 Å². The minimum Gasteiger partial charge on any atom is -0.367 e. The van der Waals surface area contributed by atoms with E-state index in [1.54, 1.807) is 12.1 Å². The van der Waals surface area contributed by atoms with Crippen LogP contribution >= 0.6 is 0 Å². The standard InChI is InChI=1S/C13H17N3O2S/c14-19(17,18)13-3-1-11(2-4-13)5-7-15-9-12-6-8-16-10-12/h1-4,6,8,10,15-16H,5,7,9H2,(H2,14,17,18). The van der Waals surface area contributed by atoms with Crippen molar-refractivity contribution in [2.75, 3.05) is 6.54 Å². The molecule has 1 heterocycles. The summed E-state index contributed by atoms with van der Waals surface area (Å²) in [6.45, 7) is 1.65. The van der Waals surface area contributed by atoms with Gasteiger partial charge in [0, 0.05) is 18.9 Å². The lowest BCUT2D eigenvalue weighted by molar-refractivity contribution is 0.597. The van der Waals surface area contributed by atoms with Crippen molar-refractivity contribution >= 4 is 10.0 Å². The zero-order valence-electron chi connectivity index (χ0n) is 10.5. The summed E-state index contributed by atoms with van der Waals surface area (Å²) in [7, 11) is -3.59. The number of nitrogens with two attached hydrogens (primary N) is 1. The predicted molar refractivity (Wildman–Crippen MR) is 74.0 cm³/mol. The smallest absolute Gasteiger partial charge is 0.238 e.